The number of rotatable bonds is 7. The summed E-state index contributed by atoms with van der Waals surface area (Å²) in [6.07, 6.45) is 11.3. The lowest BCUT2D eigenvalue weighted by molar-refractivity contribution is 0.400. The molecule has 1 aliphatic rings. The topological polar surface area (TPSA) is 12.0 Å². The van der Waals surface area contributed by atoms with Crippen molar-refractivity contribution in [2.75, 3.05) is 6.54 Å². The third-order valence-corrected chi connectivity index (χ3v) is 3.40. The van der Waals surface area contributed by atoms with Crippen LogP contribution in [0.3, 0.4) is 0 Å². The van der Waals surface area contributed by atoms with Crippen molar-refractivity contribution in [1.29, 1.82) is 0 Å². The lowest BCUT2D eigenvalue weighted by atomic mass is 9.95. The summed E-state index contributed by atoms with van der Waals surface area (Å²) < 4.78 is 0. The maximum Gasteiger partial charge on any atom is 0.00700 e. The van der Waals surface area contributed by atoms with Gasteiger partial charge in [0.1, 0.15) is 0 Å². The highest BCUT2D eigenvalue weighted by Crippen LogP contribution is 2.19. The normalized spacial score (nSPS) is 24.0. The Balaban J connectivity index is 1.95. The average molecular weight is 197 g/mol. The zero-order valence-electron chi connectivity index (χ0n) is 10.0. The molecule has 1 rings (SSSR count). The van der Waals surface area contributed by atoms with Crippen LogP contribution in [0.5, 0.6) is 0 Å². The molecule has 0 spiro atoms. The summed E-state index contributed by atoms with van der Waals surface area (Å²) in [5.74, 6) is 0.933. The van der Waals surface area contributed by atoms with E-state index in [4.69, 9.17) is 0 Å². The van der Waals surface area contributed by atoms with Gasteiger partial charge in [-0.1, -0.05) is 46.0 Å². The summed E-state index contributed by atoms with van der Waals surface area (Å²) in [5, 5.41) is 3.59. The van der Waals surface area contributed by atoms with Crippen LogP contribution in [0.4, 0.5) is 0 Å². The van der Waals surface area contributed by atoms with E-state index in [-0.39, 0.29) is 0 Å². The number of hydrogen-bond acceptors (Lipinski definition) is 1. The van der Waals surface area contributed by atoms with Crippen LogP contribution in [0, 0.1) is 5.92 Å². The van der Waals surface area contributed by atoms with E-state index in [2.05, 4.69) is 19.2 Å². The zero-order valence-corrected chi connectivity index (χ0v) is 10.0. The maximum absolute atomic E-state index is 3.59. The smallest absolute Gasteiger partial charge is 0.00700 e. The molecule has 0 amide bonds. The van der Waals surface area contributed by atoms with Gasteiger partial charge in [-0.05, 0) is 31.7 Å². The molecule has 1 N–H and O–H groups in total. The number of nitrogens with one attached hydrogen (secondary N) is 1. The van der Waals surface area contributed by atoms with Gasteiger partial charge in [0.2, 0.25) is 0 Å². The minimum Gasteiger partial charge on any atom is -0.314 e. The Labute approximate surface area is 89.7 Å². The Bertz CT molecular complexity index is 127. The van der Waals surface area contributed by atoms with Gasteiger partial charge in [-0.15, -0.1) is 0 Å². The molecule has 1 fully saturated rings. The maximum atomic E-state index is 3.59. The van der Waals surface area contributed by atoms with Gasteiger partial charge in [0.05, 0.1) is 0 Å². The second-order valence-corrected chi connectivity index (χ2v) is 4.98. The molecule has 1 unspecified atom stereocenters. The average Bonchev–Trinajstić information content (AvgIpc) is 2.65. The highest BCUT2D eigenvalue weighted by atomic mass is 14.9. The summed E-state index contributed by atoms with van der Waals surface area (Å²) in [7, 11) is 0. The Morgan fingerprint density at radius 2 is 2.14 bits per heavy atom. The molecule has 2 atom stereocenters. The minimum absolute atomic E-state index is 0.844. The summed E-state index contributed by atoms with van der Waals surface area (Å²) in [5.41, 5.74) is 0. The second-order valence-electron chi connectivity index (χ2n) is 4.98. The fourth-order valence-electron chi connectivity index (χ4n) is 2.48. The Kier molecular flexibility index (Phi) is 6.25. The summed E-state index contributed by atoms with van der Waals surface area (Å²) in [6.45, 7) is 5.96. The van der Waals surface area contributed by atoms with E-state index in [1.807, 2.05) is 0 Å². The molecule has 0 aromatic rings. The molecule has 0 aromatic heterocycles. The van der Waals surface area contributed by atoms with Crippen LogP contribution in [0.15, 0.2) is 0 Å². The molecule has 1 heteroatoms. The largest absolute Gasteiger partial charge is 0.314 e. The molecule has 1 heterocycles. The molecular weight excluding hydrogens is 170 g/mol. The first-order valence-electron chi connectivity index (χ1n) is 6.56. The van der Waals surface area contributed by atoms with Crippen LogP contribution in [-0.4, -0.2) is 12.6 Å². The summed E-state index contributed by atoms with van der Waals surface area (Å²) in [6, 6.07) is 0.844. The van der Waals surface area contributed by atoms with Gasteiger partial charge in [-0.3, -0.25) is 0 Å². The lowest BCUT2D eigenvalue weighted by Crippen LogP contribution is -2.23. The van der Waals surface area contributed by atoms with Crippen molar-refractivity contribution in [3.05, 3.63) is 0 Å². The molecule has 14 heavy (non-hydrogen) atoms. The Morgan fingerprint density at radius 1 is 1.29 bits per heavy atom. The van der Waals surface area contributed by atoms with Crippen molar-refractivity contribution in [3.63, 3.8) is 0 Å². The lowest BCUT2D eigenvalue weighted by Gasteiger charge is -2.16. The molecule has 0 radical (unpaired) electrons. The third kappa shape index (κ3) is 4.99. The molecule has 1 nitrogen and oxygen atoms in total. The molecule has 0 bridgehead atoms. The predicted molar refractivity (Wildman–Crippen MR) is 63.6 cm³/mol. The molecule has 84 valence electrons. The first-order chi connectivity index (χ1) is 6.83. The van der Waals surface area contributed by atoms with Crippen molar-refractivity contribution in [3.8, 4) is 0 Å². The molecule has 0 aliphatic carbocycles. The minimum atomic E-state index is 0.844. The first kappa shape index (κ1) is 12.0. The quantitative estimate of drug-likeness (QED) is 0.613. The zero-order chi connectivity index (χ0) is 10.2. The SMILES string of the molecule is CCCCCCC(C)C[C@@H]1CCCN1. The van der Waals surface area contributed by atoms with Gasteiger partial charge in [0.15, 0.2) is 0 Å². The van der Waals surface area contributed by atoms with Gasteiger partial charge < -0.3 is 5.32 Å². The van der Waals surface area contributed by atoms with Crippen LogP contribution in [-0.2, 0) is 0 Å². The highest BCUT2D eigenvalue weighted by Gasteiger charge is 2.16. The van der Waals surface area contributed by atoms with E-state index < -0.39 is 0 Å². The monoisotopic (exact) mass is 197 g/mol. The van der Waals surface area contributed by atoms with E-state index >= 15 is 0 Å². The van der Waals surface area contributed by atoms with E-state index in [1.54, 1.807) is 0 Å². The van der Waals surface area contributed by atoms with Gasteiger partial charge in [0, 0.05) is 6.04 Å². The molecule has 0 saturated carbocycles. The number of unbranched alkanes of at least 4 members (excludes halogenated alkanes) is 3. The Hall–Kier alpha value is -0.0400. The van der Waals surface area contributed by atoms with Crippen molar-refractivity contribution in [2.45, 2.75) is 71.3 Å². The van der Waals surface area contributed by atoms with Gasteiger partial charge in [0.25, 0.3) is 0 Å². The Morgan fingerprint density at radius 3 is 2.79 bits per heavy atom. The fourth-order valence-corrected chi connectivity index (χ4v) is 2.48. The van der Waals surface area contributed by atoms with Crippen LogP contribution in [0.2, 0.25) is 0 Å². The summed E-state index contributed by atoms with van der Waals surface area (Å²) >= 11 is 0. The van der Waals surface area contributed by atoms with Crippen LogP contribution >= 0.6 is 0 Å². The highest BCUT2D eigenvalue weighted by molar-refractivity contribution is 4.75. The van der Waals surface area contributed by atoms with Gasteiger partial charge in [-0.2, -0.15) is 0 Å². The van der Waals surface area contributed by atoms with E-state index in [0.717, 1.165) is 12.0 Å². The number of hydrogen-bond donors (Lipinski definition) is 1. The van der Waals surface area contributed by atoms with E-state index in [9.17, 15) is 0 Å². The van der Waals surface area contributed by atoms with Crippen molar-refractivity contribution in [1.82, 2.24) is 5.32 Å². The first-order valence-corrected chi connectivity index (χ1v) is 6.56. The van der Waals surface area contributed by atoms with Crippen LogP contribution in [0.25, 0.3) is 0 Å². The van der Waals surface area contributed by atoms with Crippen LogP contribution < -0.4 is 5.32 Å². The van der Waals surface area contributed by atoms with Crippen molar-refractivity contribution >= 4 is 0 Å². The van der Waals surface area contributed by atoms with Crippen LogP contribution in [0.1, 0.15) is 65.2 Å². The van der Waals surface area contributed by atoms with Crippen molar-refractivity contribution < 1.29 is 0 Å². The second kappa shape index (κ2) is 7.28. The fraction of sp³-hybridized carbons (Fsp3) is 1.00. The standard InChI is InChI=1S/C13H27N/c1-3-4-5-6-8-12(2)11-13-9-7-10-14-13/h12-14H,3-11H2,1-2H3/t12?,13-/m0/s1. The summed E-state index contributed by atoms with van der Waals surface area (Å²) in [4.78, 5) is 0. The predicted octanol–water partition coefficient (Wildman–Crippen LogP) is 3.74. The molecular formula is C13H27N. The van der Waals surface area contributed by atoms with Gasteiger partial charge in [-0.25, -0.2) is 0 Å². The van der Waals surface area contributed by atoms with E-state index in [0.29, 0.717) is 0 Å². The van der Waals surface area contributed by atoms with Gasteiger partial charge >= 0.3 is 0 Å². The third-order valence-electron chi connectivity index (χ3n) is 3.40. The molecule has 0 aromatic carbocycles. The molecule has 1 saturated heterocycles. The molecule has 1 aliphatic heterocycles. The van der Waals surface area contributed by atoms with Crippen molar-refractivity contribution in [2.24, 2.45) is 5.92 Å². The van der Waals surface area contributed by atoms with E-state index in [1.165, 1.54) is 57.9 Å².